The van der Waals surface area contributed by atoms with E-state index in [4.69, 9.17) is 9.84 Å². The van der Waals surface area contributed by atoms with Gasteiger partial charge in [-0.05, 0) is 52.4 Å². The highest BCUT2D eigenvalue weighted by atomic mass is 16.5. The van der Waals surface area contributed by atoms with E-state index in [2.05, 4.69) is 5.32 Å². The van der Waals surface area contributed by atoms with Gasteiger partial charge in [-0.2, -0.15) is 0 Å². The number of hydrogen-bond acceptors (Lipinski definition) is 6. The molecule has 2 atom stereocenters. The van der Waals surface area contributed by atoms with Crippen LogP contribution in [0.2, 0.25) is 0 Å². The highest BCUT2D eigenvalue weighted by molar-refractivity contribution is 5.93. The number of fused-ring (bicyclic) bond motifs is 3. The fourth-order valence-electron chi connectivity index (χ4n) is 4.47. The molecule has 0 fully saturated rings. The number of benzene rings is 3. The van der Waals surface area contributed by atoms with Crippen LogP contribution in [0, 0.1) is 0 Å². The van der Waals surface area contributed by atoms with Crippen molar-refractivity contribution in [1.82, 2.24) is 5.32 Å². The van der Waals surface area contributed by atoms with Crippen molar-refractivity contribution in [2.45, 2.75) is 24.5 Å². The lowest BCUT2D eigenvalue weighted by molar-refractivity contribution is 0.0127. The van der Waals surface area contributed by atoms with Crippen molar-refractivity contribution in [2.75, 3.05) is 13.2 Å². The van der Waals surface area contributed by atoms with Gasteiger partial charge in [0, 0.05) is 12.5 Å². The Morgan fingerprint density at radius 3 is 2.06 bits per heavy atom. The molecule has 0 saturated heterocycles. The van der Waals surface area contributed by atoms with Gasteiger partial charge in [-0.3, -0.25) is 0 Å². The van der Waals surface area contributed by atoms with Gasteiger partial charge in [0.05, 0.1) is 17.2 Å². The third kappa shape index (κ3) is 5.07. The summed E-state index contributed by atoms with van der Waals surface area (Å²) in [6.07, 6.45) is -3.94. The van der Waals surface area contributed by atoms with E-state index >= 15 is 0 Å². The molecule has 9 heteroatoms. The number of alkyl carbamates (subject to hydrolysis) is 1. The fourth-order valence-corrected chi connectivity index (χ4v) is 4.47. The topological polar surface area (TPSA) is 153 Å². The van der Waals surface area contributed by atoms with Gasteiger partial charge >= 0.3 is 18.0 Å². The highest BCUT2D eigenvalue weighted by Crippen LogP contribution is 2.44. The van der Waals surface area contributed by atoms with Crippen LogP contribution in [-0.4, -0.2) is 57.7 Å². The molecule has 186 valence electrons. The number of carbonyl (C=O) groups is 3. The predicted octanol–water partition coefficient (Wildman–Crippen LogP) is 3.41. The molecule has 4 rings (SSSR count). The third-order valence-corrected chi connectivity index (χ3v) is 6.27. The van der Waals surface area contributed by atoms with Crippen LogP contribution in [-0.2, 0) is 4.74 Å². The number of amides is 1. The average Bonchev–Trinajstić information content (AvgIpc) is 3.20. The molecular formula is C27H25NO8. The van der Waals surface area contributed by atoms with Crippen molar-refractivity contribution >= 4 is 18.0 Å². The van der Waals surface area contributed by atoms with Crippen molar-refractivity contribution < 1.29 is 39.5 Å². The minimum absolute atomic E-state index is 0.0596. The van der Waals surface area contributed by atoms with Crippen LogP contribution in [0.3, 0.4) is 0 Å². The van der Waals surface area contributed by atoms with E-state index in [1.54, 1.807) is 0 Å². The molecule has 36 heavy (non-hydrogen) atoms. The fraction of sp³-hybridized carbons (Fsp3) is 0.222. The normalized spacial score (nSPS) is 13.8. The van der Waals surface area contributed by atoms with Gasteiger partial charge in [0.25, 0.3) is 0 Å². The molecule has 0 saturated carbocycles. The van der Waals surface area contributed by atoms with Crippen LogP contribution >= 0.6 is 0 Å². The maximum atomic E-state index is 12.3. The number of ether oxygens (including phenoxy) is 1. The second-order valence-corrected chi connectivity index (χ2v) is 8.47. The smallest absolute Gasteiger partial charge is 0.407 e. The Morgan fingerprint density at radius 2 is 1.47 bits per heavy atom. The summed E-state index contributed by atoms with van der Waals surface area (Å²) < 4.78 is 5.42. The molecule has 1 aliphatic carbocycles. The van der Waals surface area contributed by atoms with Crippen molar-refractivity contribution in [3.8, 4) is 11.1 Å². The van der Waals surface area contributed by atoms with E-state index in [0.29, 0.717) is 0 Å². The summed E-state index contributed by atoms with van der Waals surface area (Å²) >= 11 is 0. The van der Waals surface area contributed by atoms with E-state index in [-0.39, 0.29) is 42.2 Å². The standard InChI is InChI=1S/C27H25NO8/c29-23(24(30)21-13-15(25(31)32)9-10-20(21)26(33)34)11-12-28-27(35)36-14-22-18-7-3-1-5-16(18)17-6-2-4-8-19(17)22/h1-10,13,22-24,29-30H,11-12,14H2,(H,28,35)(H,31,32)(H,33,34). The molecule has 0 radical (unpaired) electrons. The second-order valence-electron chi connectivity index (χ2n) is 8.47. The number of nitrogens with one attached hydrogen (secondary N) is 1. The molecule has 3 aromatic carbocycles. The predicted molar refractivity (Wildman–Crippen MR) is 129 cm³/mol. The number of carboxylic acids is 2. The Morgan fingerprint density at radius 1 is 0.861 bits per heavy atom. The van der Waals surface area contributed by atoms with E-state index in [1.165, 1.54) is 0 Å². The van der Waals surface area contributed by atoms with Crippen molar-refractivity contribution in [3.05, 3.63) is 94.5 Å². The lowest BCUT2D eigenvalue weighted by atomic mass is 9.95. The number of rotatable bonds is 9. The SMILES string of the molecule is O=C(NCCC(O)C(O)c1cc(C(=O)O)ccc1C(=O)O)OCC1c2ccccc2-c2ccccc21. The summed E-state index contributed by atoms with van der Waals surface area (Å²) in [6, 6.07) is 19.0. The van der Waals surface area contributed by atoms with E-state index in [1.807, 2.05) is 48.5 Å². The summed E-state index contributed by atoms with van der Waals surface area (Å²) in [5.41, 5.74) is 3.58. The monoisotopic (exact) mass is 491 g/mol. The second kappa shape index (κ2) is 10.6. The largest absolute Gasteiger partial charge is 0.478 e. The zero-order valence-corrected chi connectivity index (χ0v) is 19.1. The molecule has 0 heterocycles. The lowest BCUT2D eigenvalue weighted by Gasteiger charge is -2.20. The molecule has 0 aromatic heterocycles. The molecule has 1 amide bonds. The molecule has 2 unspecified atom stereocenters. The number of hydrogen-bond donors (Lipinski definition) is 5. The lowest BCUT2D eigenvalue weighted by Crippen LogP contribution is -2.31. The number of carbonyl (C=O) groups excluding carboxylic acids is 1. The molecule has 5 N–H and O–H groups in total. The molecule has 0 aliphatic heterocycles. The van der Waals surface area contributed by atoms with Gasteiger partial charge in [0.15, 0.2) is 0 Å². The summed E-state index contributed by atoms with van der Waals surface area (Å²) in [5.74, 6) is -2.77. The Kier molecular flexibility index (Phi) is 7.33. The Hall–Kier alpha value is -4.21. The van der Waals surface area contributed by atoms with Crippen molar-refractivity contribution in [3.63, 3.8) is 0 Å². The number of aromatic carboxylic acids is 2. The van der Waals surface area contributed by atoms with E-state index in [9.17, 15) is 29.7 Å². The van der Waals surface area contributed by atoms with Crippen LogP contribution in [0.15, 0.2) is 66.7 Å². The summed E-state index contributed by atoms with van der Waals surface area (Å²) in [7, 11) is 0. The minimum Gasteiger partial charge on any atom is -0.478 e. The van der Waals surface area contributed by atoms with Crippen molar-refractivity contribution in [1.29, 1.82) is 0 Å². The molecular weight excluding hydrogens is 466 g/mol. The molecule has 0 bridgehead atoms. The Labute approximate surface area is 206 Å². The third-order valence-electron chi connectivity index (χ3n) is 6.27. The summed E-state index contributed by atoms with van der Waals surface area (Å²) in [5, 5.41) is 41.8. The summed E-state index contributed by atoms with van der Waals surface area (Å²) in [6.45, 7) is 0.0604. The van der Waals surface area contributed by atoms with Gasteiger partial charge in [-0.1, -0.05) is 48.5 Å². The molecule has 9 nitrogen and oxygen atoms in total. The first-order chi connectivity index (χ1) is 17.3. The van der Waals surface area contributed by atoms with Crippen LogP contribution in [0.1, 0.15) is 55.8 Å². The average molecular weight is 491 g/mol. The number of aliphatic hydroxyl groups is 2. The quantitative estimate of drug-likeness (QED) is 0.305. The molecule has 0 spiro atoms. The number of aliphatic hydroxyl groups excluding tert-OH is 2. The Balaban J connectivity index is 1.33. The molecule has 3 aromatic rings. The van der Waals surface area contributed by atoms with Crippen LogP contribution < -0.4 is 5.32 Å². The maximum Gasteiger partial charge on any atom is 0.407 e. The maximum absolute atomic E-state index is 12.3. The first-order valence-electron chi connectivity index (χ1n) is 11.3. The van der Waals surface area contributed by atoms with Gasteiger partial charge in [-0.25, -0.2) is 14.4 Å². The van der Waals surface area contributed by atoms with Gasteiger partial charge in [-0.15, -0.1) is 0 Å². The first kappa shape index (κ1) is 24.9. The van der Waals surface area contributed by atoms with Crippen LogP contribution in [0.25, 0.3) is 11.1 Å². The molecule has 1 aliphatic rings. The van der Waals surface area contributed by atoms with E-state index in [0.717, 1.165) is 40.5 Å². The zero-order chi connectivity index (χ0) is 25.8. The highest BCUT2D eigenvalue weighted by Gasteiger charge is 2.29. The Bertz CT molecular complexity index is 1260. The van der Waals surface area contributed by atoms with Crippen LogP contribution in [0.4, 0.5) is 4.79 Å². The summed E-state index contributed by atoms with van der Waals surface area (Å²) in [4.78, 5) is 35.0. The van der Waals surface area contributed by atoms with Gasteiger partial charge in [0.2, 0.25) is 0 Å². The van der Waals surface area contributed by atoms with Gasteiger partial charge in [0.1, 0.15) is 12.7 Å². The minimum atomic E-state index is -1.67. The van der Waals surface area contributed by atoms with E-state index < -0.39 is 30.2 Å². The van der Waals surface area contributed by atoms with Gasteiger partial charge < -0.3 is 30.5 Å². The zero-order valence-electron chi connectivity index (χ0n) is 19.1. The van der Waals surface area contributed by atoms with Crippen molar-refractivity contribution in [2.24, 2.45) is 0 Å². The first-order valence-corrected chi connectivity index (χ1v) is 11.3. The number of carboxylic acid groups (broad SMARTS) is 2. The van der Waals surface area contributed by atoms with Crippen LogP contribution in [0.5, 0.6) is 0 Å².